The smallest absolute Gasteiger partial charge is 0.315 e. The van der Waals surface area contributed by atoms with Gasteiger partial charge in [0.1, 0.15) is 5.75 Å². The highest BCUT2D eigenvalue weighted by Gasteiger charge is 2.48. The Bertz CT molecular complexity index is 1400. The van der Waals surface area contributed by atoms with E-state index < -0.39 is 16.3 Å². The number of methoxy groups -OCH3 is 1. The van der Waals surface area contributed by atoms with E-state index in [1.807, 2.05) is 66.9 Å². The highest BCUT2D eigenvalue weighted by atomic mass is 32.3. The van der Waals surface area contributed by atoms with Crippen molar-refractivity contribution in [1.82, 2.24) is 4.31 Å². The molecule has 0 bridgehead atoms. The number of rotatable bonds is 14. The van der Waals surface area contributed by atoms with E-state index in [2.05, 4.69) is 41.8 Å². The van der Waals surface area contributed by atoms with Crippen LogP contribution >= 0.6 is 22.5 Å². The second-order valence-corrected chi connectivity index (χ2v) is 14.6. The van der Waals surface area contributed by atoms with Gasteiger partial charge in [-0.05, 0) is 67.3 Å². The third-order valence-corrected chi connectivity index (χ3v) is 11.5. The topological polar surface area (TPSA) is 85.7 Å². The molecule has 0 spiro atoms. The lowest BCUT2D eigenvalue weighted by Crippen LogP contribution is -2.53. The quantitative estimate of drug-likeness (QED) is 0.166. The highest BCUT2D eigenvalue weighted by Crippen LogP contribution is 2.63. The van der Waals surface area contributed by atoms with Gasteiger partial charge in [0.05, 0.1) is 35.6 Å². The van der Waals surface area contributed by atoms with Crippen molar-refractivity contribution in [3.05, 3.63) is 77.9 Å². The Balaban J connectivity index is 1.93. The first-order valence-electron chi connectivity index (χ1n) is 15.7. The van der Waals surface area contributed by atoms with Crippen molar-refractivity contribution >= 4 is 45.6 Å². The summed E-state index contributed by atoms with van der Waals surface area (Å²) in [5.41, 5.74) is 4.14. The number of carbonyl (C=O) groups excluding carboxylic acids is 1. The van der Waals surface area contributed by atoms with Crippen molar-refractivity contribution in [2.75, 3.05) is 49.9 Å². The van der Waals surface area contributed by atoms with Gasteiger partial charge in [0.15, 0.2) is 0 Å². The van der Waals surface area contributed by atoms with E-state index in [0.29, 0.717) is 30.3 Å². The predicted octanol–water partition coefficient (Wildman–Crippen LogP) is 8.57. The standard InChI is InChI=1S/C35H49N3O5S2/c1-7-10-20-35(8-2)26-37(29-14-12-11-13-15-29)32-22-31(36(4)5)28(24-44-25-34(39)43-9-3)21-33(32)45(40,41)38(35)23-27-16-18-30(42-6)19-17-27/h11-19,21-22,40-41H,7-10,20,23-26H2,1-6H3. The van der Waals surface area contributed by atoms with Crippen molar-refractivity contribution in [1.29, 1.82) is 0 Å². The second kappa shape index (κ2) is 15.6. The minimum absolute atomic E-state index is 0.226. The van der Waals surface area contributed by atoms with Crippen molar-refractivity contribution in [3.63, 3.8) is 0 Å². The maximum absolute atomic E-state index is 12.6. The van der Waals surface area contributed by atoms with E-state index in [1.165, 1.54) is 11.8 Å². The van der Waals surface area contributed by atoms with Crippen LogP contribution in [-0.2, 0) is 21.8 Å². The van der Waals surface area contributed by atoms with Crippen molar-refractivity contribution in [2.45, 2.75) is 69.2 Å². The summed E-state index contributed by atoms with van der Waals surface area (Å²) in [4.78, 5) is 17.0. The Morgan fingerprint density at radius 2 is 1.76 bits per heavy atom. The molecule has 0 aromatic heterocycles. The molecule has 0 amide bonds. The molecule has 0 saturated heterocycles. The number of esters is 1. The van der Waals surface area contributed by atoms with Crippen LogP contribution in [0.1, 0.15) is 57.6 Å². The number of unbranched alkanes of at least 4 members (excludes halogenated alkanes) is 1. The molecule has 0 aliphatic carbocycles. The summed E-state index contributed by atoms with van der Waals surface area (Å²) in [7, 11) is 2.14. The summed E-state index contributed by atoms with van der Waals surface area (Å²) in [6.45, 7) is 7.45. The average molecular weight is 656 g/mol. The molecule has 0 saturated carbocycles. The van der Waals surface area contributed by atoms with E-state index in [1.54, 1.807) is 14.0 Å². The number of ether oxygens (including phenoxy) is 2. The third kappa shape index (κ3) is 7.92. The van der Waals surface area contributed by atoms with Gasteiger partial charge >= 0.3 is 5.97 Å². The van der Waals surface area contributed by atoms with Crippen molar-refractivity contribution in [2.24, 2.45) is 0 Å². The molecule has 3 aromatic carbocycles. The van der Waals surface area contributed by atoms with E-state index in [0.717, 1.165) is 59.6 Å². The summed E-state index contributed by atoms with van der Waals surface area (Å²) < 4.78 is 37.8. The normalized spacial score (nSPS) is 18.5. The molecule has 1 atom stereocenters. The van der Waals surface area contributed by atoms with Gasteiger partial charge < -0.3 is 19.3 Å². The van der Waals surface area contributed by atoms with E-state index >= 15 is 0 Å². The van der Waals surface area contributed by atoms with Crippen LogP contribution in [0.5, 0.6) is 5.75 Å². The molecule has 1 heterocycles. The molecule has 10 heteroatoms. The molecule has 4 rings (SSSR count). The van der Waals surface area contributed by atoms with Gasteiger partial charge in [-0.25, -0.2) is 0 Å². The van der Waals surface area contributed by atoms with Crippen LogP contribution in [0, 0.1) is 0 Å². The molecule has 1 unspecified atom stereocenters. The van der Waals surface area contributed by atoms with Crippen LogP contribution in [0.25, 0.3) is 0 Å². The minimum atomic E-state index is -3.50. The molecule has 1 aliphatic rings. The minimum Gasteiger partial charge on any atom is -0.497 e. The Labute approximate surface area is 275 Å². The first-order chi connectivity index (χ1) is 21.6. The van der Waals surface area contributed by atoms with Gasteiger partial charge in [-0.15, -0.1) is 22.5 Å². The fourth-order valence-electron chi connectivity index (χ4n) is 6.02. The maximum Gasteiger partial charge on any atom is 0.315 e. The number of para-hydroxylation sites is 1. The summed E-state index contributed by atoms with van der Waals surface area (Å²) in [5.74, 6) is 1.26. The van der Waals surface area contributed by atoms with Crippen LogP contribution in [0.2, 0.25) is 0 Å². The van der Waals surface area contributed by atoms with Crippen LogP contribution in [0.15, 0.2) is 71.6 Å². The monoisotopic (exact) mass is 655 g/mol. The van der Waals surface area contributed by atoms with Gasteiger partial charge in [0.25, 0.3) is 0 Å². The van der Waals surface area contributed by atoms with Gasteiger partial charge in [-0.2, -0.15) is 4.31 Å². The van der Waals surface area contributed by atoms with Crippen LogP contribution < -0.4 is 14.5 Å². The first kappa shape index (κ1) is 35.0. The average Bonchev–Trinajstić information content (AvgIpc) is 3.11. The molecular weight excluding hydrogens is 607 g/mol. The number of anilines is 3. The van der Waals surface area contributed by atoms with Gasteiger partial charge in [0, 0.05) is 44.3 Å². The summed E-state index contributed by atoms with van der Waals surface area (Å²) >= 11 is 1.47. The van der Waals surface area contributed by atoms with E-state index in [-0.39, 0.29) is 11.7 Å². The molecule has 8 nitrogen and oxygen atoms in total. The number of carbonyl (C=O) groups is 1. The number of nitrogens with zero attached hydrogens (tertiary/aromatic N) is 3. The Hall–Kier alpha value is -2.89. The summed E-state index contributed by atoms with van der Waals surface area (Å²) in [5, 5.41) is 0. The maximum atomic E-state index is 12.6. The molecule has 0 fully saturated rings. The zero-order valence-electron chi connectivity index (χ0n) is 27.5. The molecule has 3 aromatic rings. The van der Waals surface area contributed by atoms with Gasteiger partial charge in [-0.1, -0.05) is 57.0 Å². The van der Waals surface area contributed by atoms with Gasteiger partial charge in [-0.3, -0.25) is 13.9 Å². The number of thioether (sulfide) groups is 1. The first-order valence-corrected chi connectivity index (χ1v) is 18.3. The van der Waals surface area contributed by atoms with Gasteiger partial charge in [0.2, 0.25) is 0 Å². The summed E-state index contributed by atoms with van der Waals surface area (Å²) in [6, 6.07) is 22.1. The number of hydrogen-bond donors (Lipinski definition) is 2. The SMILES string of the molecule is CCCCC1(CC)CN(c2ccccc2)c2cc(N(C)C)c(CSCC(=O)OCC)cc2S(O)(O)N1Cc1ccc(OC)cc1. The molecule has 45 heavy (non-hydrogen) atoms. The van der Waals surface area contributed by atoms with Crippen molar-refractivity contribution < 1.29 is 23.4 Å². The lowest BCUT2D eigenvalue weighted by Gasteiger charge is -2.52. The molecule has 1 aliphatic heterocycles. The largest absolute Gasteiger partial charge is 0.497 e. The lowest BCUT2D eigenvalue weighted by molar-refractivity contribution is -0.139. The van der Waals surface area contributed by atoms with Crippen LogP contribution in [-0.4, -0.2) is 65.0 Å². The number of fused-ring (bicyclic) bond motifs is 1. The van der Waals surface area contributed by atoms with Crippen LogP contribution in [0.4, 0.5) is 17.1 Å². The zero-order chi connectivity index (χ0) is 32.6. The molecule has 0 radical (unpaired) electrons. The van der Waals surface area contributed by atoms with E-state index in [9.17, 15) is 13.9 Å². The zero-order valence-corrected chi connectivity index (χ0v) is 29.1. The summed E-state index contributed by atoms with van der Waals surface area (Å²) in [6.07, 6.45) is 3.51. The number of hydrogen-bond acceptors (Lipinski definition) is 9. The lowest BCUT2D eigenvalue weighted by atomic mass is 9.88. The number of benzene rings is 3. The van der Waals surface area contributed by atoms with Crippen molar-refractivity contribution in [3.8, 4) is 5.75 Å². The fraction of sp³-hybridized carbons (Fsp3) is 0.457. The fourth-order valence-corrected chi connectivity index (χ4v) is 8.96. The molecule has 246 valence electrons. The van der Waals surface area contributed by atoms with Crippen LogP contribution in [0.3, 0.4) is 0 Å². The third-order valence-electron chi connectivity index (χ3n) is 8.51. The Morgan fingerprint density at radius 3 is 2.36 bits per heavy atom. The predicted molar refractivity (Wildman–Crippen MR) is 189 cm³/mol. The highest BCUT2D eigenvalue weighted by molar-refractivity contribution is 8.22. The Kier molecular flexibility index (Phi) is 12.1. The molecular formula is C35H49N3O5S2. The second-order valence-electron chi connectivity index (χ2n) is 11.6. The van der Waals surface area contributed by atoms with E-state index in [4.69, 9.17) is 9.47 Å². The Morgan fingerprint density at radius 1 is 1.04 bits per heavy atom. The molecule has 2 N–H and O–H groups in total.